The molecule has 0 unspecified atom stereocenters. The molecule has 2 aromatic carbocycles. The number of amidine groups is 1. The van der Waals surface area contributed by atoms with Crippen LogP contribution in [0.3, 0.4) is 0 Å². The molecule has 0 saturated carbocycles. The van der Waals surface area contributed by atoms with Gasteiger partial charge in [0, 0.05) is 34.8 Å². The van der Waals surface area contributed by atoms with E-state index in [-0.39, 0.29) is 10.6 Å². The third kappa shape index (κ3) is 6.81. The SMILES string of the molecule is O=C(COC(=O)C=Cc1ccc(Cl)cc1Cl)Nc1cccc(S(=O)(=O)NC2=NCCC2)c1. The Morgan fingerprint density at radius 1 is 1.16 bits per heavy atom. The van der Waals surface area contributed by atoms with Crippen LogP contribution in [0, 0.1) is 0 Å². The predicted molar refractivity (Wildman–Crippen MR) is 123 cm³/mol. The fourth-order valence-electron chi connectivity index (χ4n) is 2.75. The summed E-state index contributed by atoms with van der Waals surface area (Å²) in [5.74, 6) is -0.956. The number of amides is 1. The molecule has 0 saturated heterocycles. The van der Waals surface area contributed by atoms with E-state index >= 15 is 0 Å². The Balaban J connectivity index is 1.54. The van der Waals surface area contributed by atoms with Crippen molar-refractivity contribution in [3.8, 4) is 0 Å². The zero-order valence-electron chi connectivity index (χ0n) is 16.7. The third-order valence-electron chi connectivity index (χ3n) is 4.26. The molecular formula is C21H19Cl2N3O5S. The molecule has 0 bridgehead atoms. The van der Waals surface area contributed by atoms with Crippen LogP contribution in [-0.4, -0.2) is 39.3 Å². The lowest BCUT2D eigenvalue weighted by Gasteiger charge is -2.10. The minimum absolute atomic E-state index is 0.0235. The summed E-state index contributed by atoms with van der Waals surface area (Å²) in [4.78, 5) is 28.0. The summed E-state index contributed by atoms with van der Waals surface area (Å²) in [6.45, 7) is 0.0398. The van der Waals surface area contributed by atoms with Gasteiger partial charge in [-0.15, -0.1) is 0 Å². The Morgan fingerprint density at radius 3 is 2.69 bits per heavy atom. The van der Waals surface area contributed by atoms with E-state index in [4.69, 9.17) is 27.9 Å². The van der Waals surface area contributed by atoms with Crippen LogP contribution in [0.25, 0.3) is 6.08 Å². The predicted octanol–water partition coefficient (Wildman–Crippen LogP) is 3.66. The number of hydrogen-bond acceptors (Lipinski definition) is 6. The summed E-state index contributed by atoms with van der Waals surface area (Å²) in [7, 11) is -3.81. The lowest BCUT2D eigenvalue weighted by Crippen LogP contribution is -2.29. The highest BCUT2D eigenvalue weighted by Gasteiger charge is 2.19. The molecule has 1 amide bonds. The van der Waals surface area contributed by atoms with Gasteiger partial charge in [0.05, 0.1) is 4.90 Å². The van der Waals surface area contributed by atoms with Crippen molar-refractivity contribution in [1.82, 2.24) is 4.72 Å². The molecule has 2 aromatic rings. The average Bonchev–Trinajstić information content (AvgIpc) is 3.24. The molecule has 8 nitrogen and oxygen atoms in total. The average molecular weight is 496 g/mol. The zero-order chi connectivity index (χ0) is 23.1. The molecule has 168 valence electrons. The number of ether oxygens (including phenoxy) is 1. The molecule has 1 heterocycles. The normalized spacial score (nSPS) is 13.6. The van der Waals surface area contributed by atoms with Gasteiger partial charge in [-0.05, 0) is 48.4 Å². The van der Waals surface area contributed by atoms with E-state index in [1.807, 2.05) is 0 Å². The van der Waals surface area contributed by atoms with Crippen molar-refractivity contribution in [2.45, 2.75) is 17.7 Å². The molecule has 0 atom stereocenters. The Hall–Kier alpha value is -2.88. The lowest BCUT2D eigenvalue weighted by atomic mass is 10.2. The van der Waals surface area contributed by atoms with Gasteiger partial charge >= 0.3 is 5.97 Å². The number of sulfonamides is 1. The summed E-state index contributed by atoms with van der Waals surface area (Å²) in [6.07, 6.45) is 3.94. The molecule has 1 aliphatic rings. The van der Waals surface area contributed by atoms with Gasteiger partial charge in [-0.2, -0.15) is 0 Å². The van der Waals surface area contributed by atoms with E-state index in [1.54, 1.807) is 12.1 Å². The van der Waals surface area contributed by atoms with E-state index in [2.05, 4.69) is 15.0 Å². The van der Waals surface area contributed by atoms with Crippen molar-refractivity contribution in [1.29, 1.82) is 0 Å². The summed E-state index contributed by atoms with van der Waals surface area (Å²) in [6, 6.07) is 10.5. The molecule has 32 heavy (non-hydrogen) atoms. The maximum atomic E-state index is 12.5. The summed E-state index contributed by atoms with van der Waals surface area (Å²) in [5, 5.41) is 3.32. The lowest BCUT2D eigenvalue weighted by molar-refractivity contribution is -0.142. The number of benzene rings is 2. The Morgan fingerprint density at radius 2 is 1.97 bits per heavy atom. The van der Waals surface area contributed by atoms with Crippen molar-refractivity contribution < 1.29 is 22.7 Å². The topological polar surface area (TPSA) is 114 Å². The molecule has 0 radical (unpaired) electrons. The standard InChI is InChI=1S/C21H19Cl2N3O5S/c22-15-8-6-14(18(23)11-15)7-9-21(28)31-13-20(27)25-16-3-1-4-17(12-16)32(29,30)26-19-5-2-10-24-19/h1,3-4,6-9,11-12H,2,5,10,13H2,(H,24,26)(H,25,27). The fraction of sp³-hybridized carbons (Fsp3) is 0.190. The van der Waals surface area contributed by atoms with Gasteiger partial charge in [0.1, 0.15) is 5.84 Å². The van der Waals surface area contributed by atoms with Crippen molar-refractivity contribution in [3.05, 3.63) is 64.1 Å². The van der Waals surface area contributed by atoms with Gasteiger partial charge in [0.2, 0.25) is 0 Å². The van der Waals surface area contributed by atoms with Gasteiger partial charge in [-0.1, -0.05) is 35.3 Å². The number of hydrogen-bond donors (Lipinski definition) is 2. The second-order valence-electron chi connectivity index (χ2n) is 6.72. The van der Waals surface area contributed by atoms with Crippen LogP contribution in [0.15, 0.2) is 58.4 Å². The van der Waals surface area contributed by atoms with Gasteiger partial charge in [-0.25, -0.2) is 13.2 Å². The van der Waals surface area contributed by atoms with Crippen LogP contribution < -0.4 is 10.0 Å². The van der Waals surface area contributed by atoms with Gasteiger partial charge in [0.15, 0.2) is 6.61 Å². The molecule has 0 aromatic heterocycles. The van der Waals surface area contributed by atoms with Gasteiger partial charge in [-0.3, -0.25) is 14.5 Å². The number of carbonyl (C=O) groups excluding carboxylic acids is 2. The second kappa shape index (κ2) is 10.6. The first-order valence-electron chi connectivity index (χ1n) is 9.49. The first kappa shape index (κ1) is 23.8. The van der Waals surface area contributed by atoms with E-state index < -0.39 is 28.5 Å². The van der Waals surface area contributed by atoms with Crippen LogP contribution in [0.1, 0.15) is 18.4 Å². The third-order valence-corrected chi connectivity index (χ3v) is 6.20. The maximum Gasteiger partial charge on any atom is 0.331 e. The molecule has 2 N–H and O–H groups in total. The molecule has 0 aliphatic carbocycles. The van der Waals surface area contributed by atoms with Gasteiger partial charge < -0.3 is 10.1 Å². The number of nitrogens with one attached hydrogen (secondary N) is 2. The highest BCUT2D eigenvalue weighted by Crippen LogP contribution is 2.22. The fourth-order valence-corrected chi connectivity index (χ4v) is 4.36. The molecule has 3 rings (SSSR count). The highest BCUT2D eigenvalue weighted by atomic mass is 35.5. The Labute approximate surface area is 195 Å². The van der Waals surface area contributed by atoms with Crippen LogP contribution in [-0.2, 0) is 24.3 Å². The van der Waals surface area contributed by atoms with E-state index in [0.717, 1.165) is 12.5 Å². The monoisotopic (exact) mass is 495 g/mol. The van der Waals surface area contributed by atoms with E-state index in [1.165, 1.54) is 36.4 Å². The smallest absolute Gasteiger partial charge is 0.331 e. The van der Waals surface area contributed by atoms with Crippen LogP contribution in [0.4, 0.5) is 5.69 Å². The van der Waals surface area contributed by atoms with Crippen molar-refractivity contribution in [2.75, 3.05) is 18.5 Å². The van der Waals surface area contributed by atoms with Crippen LogP contribution in [0.2, 0.25) is 10.0 Å². The summed E-state index contributed by atoms with van der Waals surface area (Å²) >= 11 is 11.8. The van der Waals surface area contributed by atoms with Crippen LogP contribution in [0.5, 0.6) is 0 Å². The molecular weight excluding hydrogens is 477 g/mol. The largest absolute Gasteiger partial charge is 0.452 e. The van der Waals surface area contributed by atoms with E-state index in [0.29, 0.717) is 34.4 Å². The molecule has 0 fully saturated rings. The number of rotatable bonds is 7. The number of carbonyl (C=O) groups is 2. The zero-order valence-corrected chi connectivity index (χ0v) is 19.0. The Bertz CT molecular complexity index is 1200. The number of nitrogens with zero attached hydrogens (tertiary/aromatic N) is 1. The minimum atomic E-state index is -3.81. The first-order chi connectivity index (χ1) is 15.2. The minimum Gasteiger partial charge on any atom is -0.452 e. The van der Waals surface area contributed by atoms with Crippen molar-refractivity contribution in [3.63, 3.8) is 0 Å². The Kier molecular flexibility index (Phi) is 7.89. The highest BCUT2D eigenvalue weighted by molar-refractivity contribution is 7.90. The molecule has 0 spiro atoms. The first-order valence-corrected chi connectivity index (χ1v) is 11.7. The second-order valence-corrected chi connectivity index (χ2v) is 9.25. The number of esters is 1. The molecule has 1 aliphatic heterocycles. The quantitative estimate of drug-likeness (QED) is 0.449. The maximum absolute atomic E-state index is 12.5. The number of anilines is 1. The summed E-state index contributed by atoms with van der Waals surface area (Å²) in [5.41, 5.74) is 0.804. The van der Waals surface area contributed by atoms with Crippen LogP contribution >= 0.6 is 23.2 Å². The van der Waals surface area contributed by atoms with Gasteiger partial charge in [0.25, 0.3) is 15.9 Å². The number of aliphatic imine (C=N–C) groups is 1. The molecule has 11 heteroatoms. The van der Waals surface area contributed by atoms with Crippen molar-refractivity contribution in [2.24, 2.45) is 4.99 Å². The van der Waals surface area contributed by atoms with E-state index in [9.17, 15) is 18.0 Å². The number of halogens is 2. The van der Waals surface area contributed by atoms with Crippen molar-refractivity contribution >= 4 is 62.7 Å². The summed E-state index contributed by atoms with van der Waals surface area (Å²) < 4.78 is 32.3.